The van der Waals surface area contributed by atoms with E-state index < -0.39 is 10.0 Å². The van der Waals surface area contributed by atoms with Gasteiger partial charge in [-0.1, -0.05) is 13.8 Å². The van der Waals surface area contributed by atoms with E-state index in [2.05, 4.69) is 0 Å². The van der Waals surface area contributed by atoms with Gasteiger partial charge in [-0.15, -0.1) is 0 Å². The maximum absolute atomic E-state index is 12.8. The maximum atomic E-state index is 12.8. The van der Waals surface area contributed by atoms with E-state index in [0.717, 1.165) is 25.9 Å². The molecule has 7 heteroatoms. The molecular weight excluding hydrogens is 316 g/mol. The number of sulfonamides is 1. The van der Waals surface area contributed by atoms with Crippen LogP contribution in [0.4, 0.5) is 0 Å². The van der Waals surface area contributed by atoms with Crippen LogP contribution in [0.2, 0.25) is 0 Å². The Balaban J connectivity index is 2.45. The van der Waals surface area contributed by atoms with Gasteiger partial charge in [0, 0.05) is 31.7 Å². The van der Waals surface area contributed by atoms with Gasteiger partial charge in [-0.2, -0.15) is 4.31 Å². The average Bonchev–Trinajstić information content (AvgIpc) is 3.09. The van der Waals surface area contributed by atoms with Crippen LogP contribution in [0.15, 0.2) is 23.1 Å². The third kappa shape index (κ3) is 3.50. The molecule has 0 bridgehead atoms. The number of ether oxygens (including phenoxy) is 1. The van der Waals surface area contributed by atoms with Crippen LogP contribution in [-0.4, -0.2) is 56.8 Å². The molecule has 0 spiro atoms. The largest absolute Gasteiger partial charge is 0.495 e. The summed E-state index contributed by atoms with van der Waals surface area (Å²) in [6.07, 6.45) is 1.99. The lowest BCUT2D eigenvalue weighted by molar-refractivity contribution is 0.0792. The highest BCUT2D eigenvalue weighted by molar-refractivity contribution is 7.89. The Morgan fingerprint density at radius 1 is 1.22 bits per heavy atom. The van der Waals surface area contributed by atoms with Gasteiger partial charge in [0.25, 0.3) is 5.91 Å². The number of benzene rings is 1. The van der Waals surface area contributed by atoms with Gasteiger partial charge in [-0.25, -0.2) is 8.42 Å². The van der Waals surface area contributed by atoms with Crippen molar-refractivity contribution in [3.05, 3.63) is 23.8 Å². The van der Waals surface area contributed by atoms with Crippen LogP contribution in [0.1, 0.15) is 37.0 Å². The first-order chi connectivity index (χ1) is 11.0. The molecule has 0 saturated carbocycles. The predicted molar refractivity (Wildman–Crippen MR) is 88.2 cm³/mol. The Labute approximate surface area is 138 Å². The number of nitrogens with zero attached hydrogens (tertiary/aromatic N) is 2. The van der Waals surface area contributed by atoms with E-state index in [1.807, 2.05) is 0 Å². The summed E-state index contributed by atoms with van der Waals surface area (Å²) >= 11 is 0. The molecule has 2 rings (SSSR count). The van der Waals surface area contributed by atoms with Gasteiger partial charge < -0.3 is 9.64 Å². The fourth-order valence-electron chi connectivity index (χ4n) is 2.82. The molecule has 0 N–H and O–H groups in total. The first-order valence-corrected chi connectivity index (χ1v) is 9.37. The van der Waals surface area contributed by atoms with Crippen LogP contribution in [0.3, 0.4) is 0 Å². The maximum Gasteiger partial charge on any atom is 0.253 e. The van der Waals surface area contributed by atoms with Crippen molar-refractivity contribution in [3.63, 3.8) is 0 Å². The number of amides is 1. The number of methoxy groups -OCH3 is 1. The minimum atomic E-state index is -3.69. The quantitative estimate of drug-likeness (QED) is 0.794. The minimum Gasteiger partial charge on any atom is -0.495 e. The van der Waals surface area contributed by atoms with Crippen molar-refractivity contribution in [2.24, 2.45) is 0 Å². The van der Waals surface area contributed by atoms with E-state index in [-0.39, 0.29) is 16.6 Å². The topological polar surface area (TPSA) is 66.9 Å². The van der Waals surface area contributed by atoms with Gasteiger partial charge >= 0.3 is 0 Å². The Kier molecular flexibility index (Phi) is 5.64. The average molecular weight is 340 g/mol. The first kappa shape index (κ1) is 17.7. The Bertz CT molecular complexity index is 663. The fourth-order valence-corrected chi connectivity index (χ4v) is 4.46. The van der Waals surface area contributed by atoms with Crippen molar-refractivity contribution in [1.29, 1.82) is 0 Å². The molecule has 1 aromatic rings. The van der Waals surface area contributed by atoms with E-state index in [9.17, 15) is 13.2 Å². The van der Waals surface area contributed by atoms with Crippen molar-refractivity contribution in [2.45, 2.75) is 31.6 Å². The highest BCUT2D eigenvalue weighted by atomic mass is 32.2. The Hall–Kier alpha value is -1.60. The van der Waals surface area contributed by atoms with Crippen molar-refractivity contribution in [2.75, 3.05) is 33.3 Å². The number of carbonyl (C=O) groups is 1. The van der Waals surface area contributed by atoms with Gasteiger partial charge in [0.05, 0.1) is 7.11 Å². The minimum absolute atomic E-state index is 0.0498. The van der Waals surface area contributed by atoms with Gasteiger partial charge in [0.15, 0.2) is 0 Å². The smallest absolute Gasteiger partial charge is 0.253 e. The van der Waals surface area contributed by atoms with Gasteiger partial charge in [0.1, 0.15) is 10.6 Å². The molecular formula is C16H24N2O4S. The molecule has 1 saturated heterocycles. The molecule has 0 unspecified atom stereocenters. The summed E-state index contributed by atoms with van der Waals surface area (Å²) in [5.41, 5.74) is 0.387. The van der Waals surface area contributed by atoms with Crippen molar-refractivity contribution >= 4 is 15.9 Å². The van der Waals surface area contributed by atoms with E-state index in [4.69, 9.17) is 4.74 Å². The van der Waals surface area contributed by atoms with Crippen LogP contribution in [0, 0.1) is 0 Å². The Morgan fingerprint density at radius 3 is 2.35 bits per heavy atom. The molecule has 1 amide bonds. The molecule has 0 aromatic heterocycles. The number of carbonyl (C=O) groups excluding carboxylic acids is 1. The van der Waals surface area contributed by atoms with Crippen LogP contribution in [-0.2, 0) is 10.0 Å². The molecule has 1 heterocycles. The molecule has 1 aliphatic heterocycles. The monoisotopic (exact) mass is 340 g/mol. The molecule has 6 nitrogen and oxygen atoms in total. The zero-order valence-electron chi connectivity index (χ0n) is 13.9. The van der Waals surface area contributed by atoms with Crippen LogP contribution in [0.5, 0.6) is 5.75 Å². The van der Waals surface area contributed by atoms with Gasteiger partial charge in [-0.3, -0.25) is 4.79 Å². The number of hydrogen-bond donors (Lipinski definition) is 0. The van der Waals surface area contributed by atoms with Crippen molar-refractivity contribution in [1.82, 2.24) is 9.21 Å². The lowest BCUT2D eigenvalue weighted by atomic mass is 10.2. The summed E-state index contributed by atoms with van der Waals surface area (Å²) in [5, 5.41) is 0. The second-order valence-electron chi connectivity index (χ2n) is 5.45. The standard InChI is InChI=1S/C16H24N2O4S/c1-4-18(5-2)23(20,21)15-12-13(8-9-14(15)22-3)16(19)17-10-6-7-11-17/h8-9,12H,4-7,10-11H2,1-3H3. The SMILES string of the molecule is CCN(CC)S(=O)(=O)c1cc(C(=O)N2CCCC2)ccc1OC. The zero-order valence-corrected chi connectivity index (χ0v) is 14.7. The molecule has 0 radical (unpaired) electrons. The summed E-state index contributed by atoms with van der Waals surface area (Å²) in [7, 11) is -2.26. The molecule has 0 atom stereocenters. The second kappa shape index (κ2) is 7.31. The molecule has 1 aliphatic rings. The first-order valence-electron chi connectivity index (χ1n) is 7.93. The number of rotatable bonds is 6. The predicted octanol–water partition coefficient (Wildman–Crippen LogP) is 1.96. The second-order valence-corrected chi connectivity index (χ2v) is 7.36. The summed E-state index contributed by atoms with van der Waals surface area (Å²) < 4.78 is 32.1. The molecule has 23 heavy (non-hydrogen) atoms. The highest BCUT2D eigenvalue weighted by Gasteiger charge is 2.28. The van der Waals surface area contributed by atoms with Gasteiger partial charge in [-0.05, 0) is 31.0 Å². The molecule has 128 valence electrons. The molecule has 0 aliphatic carbocycles. The highest BCUT2D eigenvalue weighted by Crippen LogP contribution is 2.28. The number of hydrogen-bond acceptors (Lipinski definition) is 4. The van der Waals surface area contributed by atoms with Crippen LogP contribution < -0.4 is 4.74 Å². The number of likely N-dealkylation sites (tertiary alicyclic amines) is 1. The van der Waals surface area contributed by atoms with E-state index in [1.165, 1.54) is 17.5 Å². The summed E-state index contributed by atoms with van der Waals surface area (Å²) in [5.74, 6) is 0.135. The normalized spacial score (nSPS) is 15.2. The summed E-state index contributed by atoms with van der Waals surface area (Å²) in [6.45, 7) is 5.75. The van der Waals surface area contributed by atoms with Crippen LogP contribution in [0.25, 0.3) is 0 Å². The molecule has 1 fully saturated rings. The third-order valence-corrected chi connectivity index (χ3v) is 6.20. The van der Waals surface area contributed by atoms with Crippen molar-refractivity contribution in [3.8, 4) is 5.75 Å². The third-order valence-electron chi connectivity index (χ3n) is 4.13. The van der Waals surface area contributed by atoms with E-state index >= 15 is 0 Å². The van der Waals surface area contributed by atoms with Gasteiger partial charge in [0.2, 0.25) is 10.0 Å². The van der Waals surface area contributed by atoms with E-state index in [1.54, 1.807) is 30.9 Å². The van der Waals surface area contributed by atoms with E-state index in [0.29, 0.717) is 18.7 Å². The lowest BCUT2D eigenvalue weighted by Gasteiger charge is -2.21. The fraction of sp³-hybridized carbons (Fsp3) is 0.562. The molecule has 1 aromatic carbocycles. The summed E-state index contributed by atoms with van der Waals surface area (Å²) in [4.78, 5) is 14.3. The lowest BCUT2D eigenvalue weighted by Crippen LogP contribution is -2.31. The van der Waals surface area contributed by atoms with Crippen LogP contribution >= 0.6 is 0 Å². The Morgan fingerprint density at radius 2 is 1.83 bits per heavy atom. The zero-order chi connectivity index (χ0) is 17.0. The summed E-state index contributed by atoms with van der Waals surface area (Å²) in [6, 6.07) is 4.62. The van der Waals surface area contributed by atoms with Crippen molar-refractivity contribution < 1.29 is 17.9 Å².